The van der Waals surface area contributed by atoms with Gasteiger partial charge in [-0.05, 0) is 6.26 Å². The van der Waals surface area contributed by atoms with Gasteiger partial charge >= 0.3 is 0 Å². The van der Waals surface area contributed by atoms with Crippen LogP contribution >= 0.6 is 11.8 Å². The van der Waals surface area contributed by atoms with Crippen molar-refractivity contribution in [1.82, 2.24) is 0 Å². The first-order chi connectivity index (χ1) is 3.85. The predicted molar refractivity (Wildman–Crippen MR) is 40.6 cm³/mol. The van der Waals surface area contributed by atoms with E-state index in [1.807, 2.05) is 6.26 Å². The van der Waals surface area contributed by atoms with Crippen molar-refractivity contribution in [3.8, 4) is 0 Å². The number of thioether (sulfide) groups is 1. The first-order valence-corrected chi connectivity index (χ1v) is 3.44. The maximum atomic E-state index is 3.92. The van der Waals surface area contributed by atoms with Crippen molar-refractivity contribution < 1.29 is 0 Å². The Balaban J connectivity index is 3.91. The molecule has 0 aliphatic carbocycles. The highest BCUT2D eigenvalue weighted by molar-refractivity contribution is 8.13. The molecule has 2 heteroatoms. The molecule has 44 valence electrons. The second-order valence-corrected chi connectivity index (χ2v) is 1.94. The Morgan fingerprint density at radius 3 is 2.62 bits per heavy atom. The third-order valence-electron chi connectivity index (χ3n) is 0.655. The summed E-state index contributed by atoms with van der Waals surface area (Å²) in [5, 5.41) is 0.958. The van der Waals surface area contributed by atoms with Crippen LogP contribution in [0.1, 0.15) is 0 Å². The van der Waals surface area contributed by atoms with Gasteiger partial charge in [0.1, 0.15) is 0 Å². The van der Waals surface area contributed by atoms with E-state index in [1.54, 1.807) is 24.9 Å². The first kappa shape index (κ1) is 7.54. The van der Waals surface area contributed by atoms with Crippen LogP contribution in [0.2, 0.25) is 0 Å². The van der Waals surface area contributed by atoms with Crippen LogP contribution in [-0.4, -0.2) is 18.3 Å². The summed E-state index contributed by atoms with van der Waals surface area (Å²) < 4.78 is 0. The van der Waals surface area contributed by atoms with E-state index < -0.39 is 0 Å². The fourth-order valence-corrected chi connectivity index (χ4v) is 0.686. The van der Waals surface area contributed by atoms with E-state index >= 15 is 0 Å². The average Bonchev–Trinajstić information content (AvgIpc) is 1.83. The van der Waals surface area contributed by atoms with Gasteiger partial charge in [-0.1, -0.05) is 6.58 Å². The van der Waals surface area contributed by atoms with Gasteiger partial charge in [0.25, 0.3) is 0 Å². The number of hydrogen-bond donors (Lipinski definition) is 0. The van der Waals surface area contributed by atoms with E-state index in [-0.39, 0.29) is 0 Å². The van der Waals surface area contributed by atoms with Crippen molar-refractivity contribution in [3.63, 3.8) is 0 Å². The summed E-state index contributed by atoms with van der Waals surface area (Å²) in [5.74, 6) is 0. The molecule has 0 heterocycles. The van der Waals surface area contributed by atoms with Gasteiger partial charge in [0, 0.05) is 13.1 Å². The van der Waals surface area contributed by atoms with Gasteiger partial charge in [0.2, 0.25) is 0 Å². The van der Waals surface area contributed by atoms with Crippen molar-refractivity contribution in [1.29, 1.82) is 0 Å². The lowest BCUT2D eigenvalue weighted by atomic mass is 10.6. The molecule has 0 atom stereocenters. The lowest BCUT2D eigenvalue weighted by Crippen LogP contribution is -1.80. The first-order valence-electron chi connectivity index (χ1n) is 2.21. The SMILES string of the molecule is C=C=CC(=NC)SC. The van der Waals surface area contributed by atoms with E-state index in [0.717, 1.165) is 5.04 Å². The fourth-order valence-electron chi connectivity index (χ4n) is 0.302. The van der Waals surface area contributed by atoms with Crippen LogP contribution < -0.4 is 0 Å². The molecule has 0 fully saturated rings. The van der Waals surface area contributed by atoms with Crippen molar-refractivity contribution in [2.75, 3.05) is 13.3 Å². The molecule has 0 spiro atoms. The van der Waals surface area contributed by atoms with Crippen LogP contribution in [0.5, 0.6) is 0 Å². The zero-order valence-corrected chi connectivity index (χ0v) is 5.96. The topological polar surface area (TPSA) is 12.4 Å². The monoisotopic (exact) mass is 127 g/mol. The van der Waals surface area contributed by atoms with Gasteiger partial charge in [-0.15, -0.1) is 17.5 Å². The smallest absolute Gasteiger partial charge is 0.0975 e. The minimum Gasteiger partial charge on any atom is -0.281 e. The summed E-state index contributed by atoms with van der Waals surface area (Å²) in [6, 6.07) is 0. The zero-order chi connectivity index (χ0) is 6.41. The summed E-state index contributed by atoms with van der Waals surface area (Å²) in [4.78, 5) is 3.92. The Morgan fingerprint density at radius 1 is 1.88 bits per heavy atom. The van der Waals surface area contributed by atoms with Gasteiger partial charge in [-0.25, -0.2) is 0 Å². The Bertz CT molecular complexity index is 131. The molecule has 0 unspecified atom stereocenters. The molecule has 0 aromatic rings. The number of aliphatic imine (C=N–C) groups is 1. The third kappa shape index (κ3) is 2.67. The number of hydrogen-bond acceptors (Lipinski definition) is 2. The summed E-state index contributed by atoms with van der Waals surface area (Å²) in [6.45, 7) is 3.42. The third-order valence-corrected chi connectivity index (χ3v) is 1.37. The quantitative estimate of drug-likeness (QED) is 0.297. The molecule has 0 saturated carbocycles. The second-order valence-electron chi connectivity index (χ2n) is 1.11. The molecule has 1 nitrogen and oxygen atoms in total. The summed E-state index contributed by atoms with van der Waals surface area (Å²) in [5.41, 5.74) is 2.64. The van der Waals surface area contributed by atoms with Crippen LogP contribution in [0.25, 0.3) is 0 Å². The molecule has 0 aromatic heterocycles. The minimum absolute atomic E-state index is 0.958. The van der Waals surface area contributed by atoms with E-state index in [0.29, 0.717) is 0 Å². The predicted octanol–water partition coefficient (Wildman–Crippen LogP) is 1.72. The molecule has 0 aliphatic rings. The second kappa shape index (κ2) is 4.69. The molecule has 0 aromatic carbocycles. The molecular weight excluding hydrogens is 118 g/mol. The number of nitrogens with zero attached hydrogens (tertiary/aromatic N) is 1. The molecule has 8 heavy (non-hydrogen) atoms. The largest absolute Gasteiger partial charge is 0.281 e. The van der Waals surface area contributed by atoms with Crippen molar-refractivity contribution >= 4 is 16.8 Å². The average molecular weight is 127 g/mol. The molecule has 0 N–H and O–H groups in total. The molecule has 0 amide bonds. The van der Waals surface area contributed by atoms with Crippen LogP contribution in [0, 0.1) is 0 Å². The summed E-state index contributed by atoms with van der Waals surface area (Å²) in [6.07, 6.45) is 3.72. The van der Waals surface area contributed by atoms with E-state index in [9.17, 15) is 0 Å². The fraction of sp³-hybridized carbons (Fsp3) is 0.333. The molecular formula is C6H9NS. The van der Waals surface area contributed by atoms with Gasteiger partial charge in [-0.2, -0.15) is 0 Å². The Kier molecular flexibility index (Phi) is 4.42. The van der Waals surface area contributed by atoms with Gasteiger partial charge in [-0.3, -0.25) is 4.99 Å². The molecule has 0 bridgehead atoms. The van der Waals surface area contributed by atoms with Crippen molar-refractivity contribution in [3.05, 3.63) is 18.4 Å². The van der Waals surface area contributed by atoms with E-state index in [1.165, 1.54) is 0 Å². The zero-order valence-electron chi connectivity index (χ0n) is 5.14. The maximum absolute atomic E-state index is 3.92. The Hall–Kier alpha value is -0.460. The van der Waals surface area contributed by atoms with Crippen molar-refractivity contribution in [2.45, 2.75) is 0 Å². The highest BCUT2D eigenvalue weighted by Gasteiger charge is 1.82. The maximum Gasteiger partial charge on any atom is 0.0975 e. The lowest BCUT2D eigenvalue weighted by molar-refractivity contribution is 1.47. The Morgan fingerprint density at radius 2 is 2.50 bits per heavy atom. The van der Waals surface area contributed by atoms with Crippen molar-refractivity contribution in [2.24, 2.45) is 4.99 Å². The standard InChI is InChI=1S/C6H9NS/c1-4-5-6(7-2)8-3/h5H,1H2,2-3H3. The van der Waals surface area contributed by atoms with E-state index in [4.69, 9.17) is 0 Å². The molecule has 0 aliphatic heterocycles. The molecule has 0 radical (unpaired) electrons. The van der Waals surface area contributed by atoms with Crippen LogP contribution in [0.15, 0.2) is 23.4 Å². The highest BCUT2D eigenvalue weighted by atomic mass is 32.2. The lowest BCUT2D eigenvalue weighted by Gasteiger charge is -1.86. The normalized spacial score (nSPS) is 10.5. The number of rotatable bonds is 1. The van der Waals surface area contributed by atoms with Gasteiger partial charge in [0.05, 0.1) is 5.04 Å². The van der Waals surface area contributed by atoms with Gasteiger partial charge in [0.15, 0.2) is 0 Å². The summed E-state index contributed by atoms with van der Waals surface area (Å²) >= 11 is 1.59. The van der Waals surface area contributed by atoms with Crippen LogP contribution in [-0.2, 0) is 0 Å². The summed E-state index contributed by atoms with van der Waals surface area (Å²) in [7, 11) is 1.75. The minimum atomic E-state index is 0.958. The highest BCUT2D eigenvalue weighted by Crippen LogP contribution is 1.96. The molecule has 0 saturated heterocycles. The van der Waals surface area contributed by atoms with Crippen LogP contribution in [0.3, 0.4) is 0 Å². The van der Waals surface area contributed by atoms with Gasteiger partial charge < -0.3 is 0 Å². The van der Waals surface area contributed by atoms with Crippen LogP contribution in [0.4, 0.5) is 0 Å². The van der Waals surface area contributed by atoms with E-state index in [2.05, 4.69) is 17.3 Å². The molecule has 0 rings (SSSR count). The Labute approximate surface area is 54.2 Å².